The van der Waals surface area contributed by atoms with Crippen LogP contribution in [0, 0.1) is 11.3 Å². The van der Waals surface area contributed by atoms with Crippen LogP contribution in [0.25, 0.3) is 0 Å². The molecule has 1 heterocycles. The third kappa shape index (κ3) is 3.01. The van der Waals surface area contributed by atoms with Crippen LogP contribution in [0.15, 0.2) is 48.5 Å². The summed E-state index contributed by atoms with van der Waals surface area (Å²) in [5.74, 6) is 0.725. The maximum Gasteiger partial charge on any atom is 0.239 e. The summed E-state index contributed by atoms with van der Waals surface area (Å²) in [6, 6.07) is 16.6. The van der Waals surface area contributed by atoms with Crippen molar-refractivity contribution in [1.29, 1.82) is 5.26 Å². The molecule has 1 unspecified atom stereocenters. The highest BCUT2D eigenvalue weighted by Gasteiger charge is 2.24. The lowest BCUT2D eigenvalue weighted by Gasteiger charge is -2.12. The predicted molar refractivity (Wildman–Crippen MR) is 82.5 cm³/mol. The summed E-state index contributed by atoms with van der Waals surface area (Å²) in [7, 11) is 0. The number of hydrogen-bond donors (Lipinski definition) is 2. The summed E-state index contributed by atoms with van der Waals surface area (Å²) in [6.07, 6.45) is 0. The molecule has 22 heavy (non-hydrogen) atoms. The standard InChI is InChI=1S/C17H15N3O2/c18-9-12-5-7-13(8-6-12)19-10-17(21)20-15-11-22-16-4-2-1-3-14(15)16/h1-8,15,19H,10-11H2,(H,20,21). The van der Waals surface area contributed by atoms with Crippen molar-refractivity contribution in [3.63, 3.8) is 0 Å². The molecule has 0 bridgehead atoms. The Balaban J connectivity index is 1.54. The number of nitrogens with one attached hydrogen (secondary N) is 2. The smallest absolute Gasteiger partial charge is 0.239 e. The van der Waals surface area contributed by atoms with E-state index in [4.69, 9.17) is 10.00 Å². The van der Waals surface area contributed by atoms with E-state index in [9.17, 15) is 4.79 Å². The number of benzene rings is 2. The molecule has 5 nitrogen and oxygen atoms in total. The number of anilines is 1. The Hall–Kier alpha value is -3.00. The SMILES string of the molecule is N#Cc1ccc(NCC(=O)NC2COc3ccccc32)cc1. The van der Waals surface area contributed by atoms with Gasteiger partial charge in [0.1, 0.15) is 12.4 Å². The summed E-state index contributed by atoms with van der Waals surface area (Å²) >= 11 is 0. The van der Waals surface area contributed by atoms with Crippen LogP contribution in [0.4, 0.5) is 5.69 Å². The fourth-order valence-electron chi connectivity index (χ4n) is 2.37. The molecular formula is C17H15N3O2. The van der Waals surface area contributed by atoms with Crippen molar-refractivity contribution in [2.75, 3.05) is 18.5 Å². The molecule has 1 aliphatic heterocycles. The van der Waals surface area contributed by atoms with E-state index in [0.717, 1.165) is 17.0 Å². The van der Waals surface area contributed by atoms with Crippen molar-refractivity contribution in [3.8, 4) is 11.8 Å². The quantitative estimate of drug-likeness (QED) is 0.906. The van der Waals surface area contributed by atoms with Crippen LogP contribution >= 0.6 is 0 Å². The molecule has 1 aliphatic rings. The van der Waals surface area contributed by atoms with E-state index in [-0.39, 0.29) is 18.5 Å². The van der Waals surface area contributed by atoms with Gasteiger partial charge < -0.3 is 15.4 Å². The van der Waals surface area contributed by atoms with Crippen LogP contribution < -0.4 is 15.4 Å². The fourth-order valence-corrected chi connectivity index (χ4v) is 2.37. The number of nitriles is 1. The van der Waals surface area contributed by atoms with Crippen LogP contribution in [-0.4, -0.2) is 19.1 Å². The van der Waals surface area contributed by atoms with Gasteiger partial charge in [-0.05, 0) is 30.3 Å². The molecule has 0 aliphatic carbocycles. The second-order valence-electron chi connectivity index (χ2n) is 5.01. The number of hydrogen-bond acceptors (Lipinski definition) is 4. The molecule has 0 saturated carbocycles. The van der Waals surface area contributed by atoms with Gasteiger partial charge in [-0.2, -0.15) is 5.26 Å². The molecule has 0 fully saturated rings. The van der Waals surface area contributed by atoms with Crippen LogP contribution in [0.1, 0.15) is 17.2 Å². The van der Waals surface area contributed by atoms with E-state index >= 15 is 0 Å². The zero-order chi connectivity index (χ0) is 15.4. The maximum absolute atomic E-state index is 12.0. The summed E-state index contributed by atoms with van der Waals surface area (Å²) in [5.41, 5.74) is 2.40. The Labute approximate surface area is 128 Å². The van der Waals surface area contributed by atoms with E-state index in [2.05, 4.69) is 16.7 Å². The second-order valence-corrected chi connectivity index (χ2v) is 5.01. The van der Waals surface area contributed by atoms with Gasteiger partial charge in [0.15, 0.2) is 0 Å². The van der Waals surface area contributed by atoms with Gasteiger partial charge in [0.05, 0.1) is 24.2 Å². The number of rotatable bonds is 4. The lowest BCUT2D eigenvalue weighted by Crippen LogP contribution is -2.34. The molecule has 0 radical (unpaired) electrons. The normalized spacial score (nSPS) is 15.3. The number of carbonyl (C=O) groups is 1. The monoisotopic (exact) mass is 293 g/mol. The molecule has 2 N–H and O–H groups in total. The van der Waals surface area contributed by atoms with Crippen LogP contribution in [-0.2, 0) is 4.79 Å². The first-order chi connectivity index (χ1) is 10.8. The third-order valence-electron chi connectivity index (χ3n) is 3.50. The lowest BCUT2D eigenvalue weighted by atomic mass is 10.1. The molecule has 0 saturated heterocycles. The number of nitrogens with zero attached hydrogens (tertiary/aromatic N) is 1. The Bertz CT molecular complexity index is 719. The number of fused-ring (bicyclic) bond motifs is 1. The average Bonchev–Trinajstić information content (AvgIpc) is 2.97. The fraction of sp³-hybridized carbons (Fsp3) is 0.176. The van der Waals surface area contributed by atoms with E-state index in [1.54, 1.807) is 24.3 Å². The number of amides is 1. The summed E-state index contributed by atoms with van der Waals surface area (Å²) in [6.45, 7) is 0.631. The van der Waals surface area contributed by atoms with Gasteiger partial charge in [-0.15, -0.1) is 0 Å². The molecule has 5 heteroatoms. The zero-order valence-electron chi connectivity index (χ0n) is 11.9. The van der Waals surface area contributed by atoms with Crippen molar-refractivity contribution < 1.29 is 9.53 Å². The first-order valence-electron chi connectivity index (χ1n) is 7.01. The molecule has 0 spiro atoms. The summed E-state index contributed by atoms with van der Waals surface area (Å²) < 4.78 is 5.53. The van der Waals surface area contributed by atoms with Crippen LogP contribution in [0.3, 0.4) is 0 Å². The largest absolute Gasteiger partial charge is 0.491 e. The number of ether oxygens (including phenoxy) is 1. The minimum atomic E-state index is -0.105. The average molecular weight is 293 g/mol. The molecule has 1 atom stereocenters. The minimum Gasteiger partial charge on any atom is -0.491 e. The van der Waals surface area contributed by atoms with Gasteiger partial charge in [-0.1, -0.05) is 18.2 Å². The van der Waals surface area contributed by atoms with E-state index in [1.165, 1.54) is 0 Å². The van der Waals surface area contributed by atoms with Gasteiger partial charge in [0.2, 0.25) is 5.91 Å². The second kappa shape index (κ2) is 6.19. The first-order valence-corrected chi connectivity index (χ1v) is 7.01. The maximum atomic E-state index is 12.0. The van der Waals surface area contributed by atoms with Gasteiger partial charge in [-0.3, -0.25) is 4.79 Å². The predicted octanol–water partition coefficient (Wildman–Crippen LogP) is 2.22. The molecular weight excluding hydrogens is 278 g/mol. The van der Waals surface area contributed by atoms with Gasteiger partial charge in [0, 0.05) is 11.3 Å². The van der Waals surface area contributed by atoms with Gasteiger partial charge >= 0.3 is 0 Å². The zero-order valence-corrected chi connectivity index (χ0v) is 11.9. The van der Waals surface area contributed by atoms with Crippen molar-refractivity contribution in [2.45, 2.75) is 6.04 Å². The molecule has 110 valence electrons. The first kappa shape index (κ1) is 14.0. The third-order valence-corrected chi connectivity index (χ3v) is 3.50. The van der Waals surface area contributed by atoms with Crippen molar-refractivity contribution in [3.05, 3.63) is 59.7 Å². The van der Waals surface area contributed by atoms with Crippen molar-refractivity contribution in [1.82, 2.24) is 5.32 Å². The number of carbonyl (C=O) groups excluding carboxylic acids is 1. The topological polar surface area (TPSA) is 74.2 Å². The van der Waals surface area contributed by atoms with E-state index in [0.29, 0.717) is 12.2 Å². The Morgan fingerprint density at radius 1 is 1.23 bits per heavy atom. The molecule has 3 rings (SSSR count). The Kier molecular flexibility index (Phi) is 3.92. The van der Waals surface area contributed by atoms with E-state index < -0.39 is 0 Å². The molecule has 1 amide bonds. The Morgan fingerprint density at radius 3 is 2.77 bits per heavy atom. The lowest BCUT2D eigenvalue weighted by molar-refractivity contribution is -0.120. The van der Waals surface area contributed by atoms with Gasteiger partial charge in [-0.25, -0.2) is 0 Å². The van der Waals surface area contributed by atoms with Crippen LogP contribution in [0.5, 0.6) is 5.75 Å². The van der Waals surface area contributed by atoms with Crippen molar-refractivity contribution in [2.24, 2.45) is 0 Å². The van der Waals surface area contributed by atoms with Gasteiger partial charge in [0.25, 0.3) is 0 Å². The highest BCUT2D eigenvalue weighted by atomic mass is 16.5. The number of para-hydroxylation sites is 1. The highest BCUT2D eigenvalue weighted by Crippen LogP contribution is 2.31. The minimum absolute atomic E-state index is 0.102. The molecule has 2 aromatic rings. The summed E-state index contributed by atoms with van der Waals surface area (Å²) in [5, 5.41) is 14.7. The summed E-state index contributed by atoms with van der Waals surface area (Å²) in [4.78, 5) is 12.0. The molecule has 0 aromatic heterocycles. The molecule has 2 aromatic carbocycles. The van der Waals surface area contributed by atoms with Crippen LogP contribution in [0.2, 0.25) is 0 Å². The Morgan fingerprint density at radius 2 is 2.00 bits per heavy atom. The van der Waals surface area contributed by atoms with E-state index in [1.807, 2.05) is 24.3 Å². The highest BCUT2D eigenvalue weighted by molar-refractivity contribution is 5.81. The van der Waals surface area contributed by atoms with Crippen molar-refractivity contribution >= 4 is 11.6 Å².